The van der Waals surface area contributed by atoms with E-state index < -0.39 is 19.5 Å². The molecule has 0 aliphatic heterocycles. The van der Waals surface area contributed by atoms with Crippen LogP contribution in [0.4, 0.5) is 0 Å². The van der Waals surface area contributed by atoms with Crippen LogP contribution in [-0.4, -0.2) is 38.8 Å². The fourth-order valence-corrected chi connectivity index (χ4v) is 7.59. The van der Waals surface area contributed by atoms with Gasteiger partial charge in [-0.3, -0.25) is 9.59 Å². The first-order valence-electron chi connectivity index (χ1n) is 10.2. The predicted octanol–water partition coefficient (Wildman–Crippen LogP) is 4.73. The van der Waals surface area contributed by atoms with Gasteiger partial charge in [-0.2, -0.15) is 0 Å². The van der Waals surface area contributed by atoms with Crippen LogP contribution >= 0.6 is 0 Å². The molecule has 0 unspecified atom stereocenters. The standard InChI is InChI=1S/C26H29NO2Si/c1-27(2)26(29)25(30(3,4)22-18-12-7-13-19-22)23(20-14-8-5-9-15-20)24(28)21-16-10-6-11-17-21/h5-19,23,25H,1-4H3/t23-,25-/m1/s1. The van der Waals surface area contributed by atoms with Crippen molar-refractivity contribution in [3.8, 4) is 0 Å². The van der Waals surface area contributed by atoms with Gasteiger partial charge in [0.05, 0.1) is 19.5 Å². The molecule has 0 heterocycles. The highest BCUT2D eigenvalue weighted by Crippen LogP contribution is 2.40. The SMILES string of the molecule is CN(C)C(=O)[C@@H]([C@@H](C(=O)c1ccccc1)c1ccccc1)[Si](C)(C)c1ccccc1. The van der Waals surface area contributed by atoms with Crippen LogP contribution in [0.25, 0.3) is 0 Å². The molecule has 3 nitrogen and oxygen atoms in total. The molecule has 0 saturated carbocycles. The quantitative estimate of drug-likeness (QED) is 0.413. The van der Waals surface area contributed by atoms with Crippen molar-refractivity contribution in [2.24, 2.45) is 0 Å². The highest BCUT2D eigenvalue weighted by molar-refractivity contribution is 6.93. The summed E-state index contributed by atoms with van der Waals surface area (Å²) in [5.41, 5.74) is 1.11. The first kappa shape index (κ1) is 21.7. The maximum atomic E-state index is 13.8. The second kappa shape index (κ2) is 9.22. The van der Waals surface area contributed by atoms with Crippen LogP contribution in [-0.2, 0) is 4.79 Å². The van der Waals surface area contributed by atoms with Crippen LogP contribution in [0.2, 0.25) is 18.6 Å². The molecule has 0 aromatic heterocycles. The van der Waals surface area contributed by atoms with Crippen LogP contribution in [0.15, 0.2) is 91.0 Å². The van der Waals surface area contributed by atoms with Crippen molar-refractivity contribution >= 4 is 25.0 Å². The van der Waals surface area contributed by atoms with Gasteiger partial charge in [-0.25, -0.2) is 0 Å². The fraction of sp³-hybridized carbons (Fsp3) is 0.231. The molecule has 0 saturated heterocycles. The molecule has 3 aromatic carbocycles. The van der Waals surface area contributed by atoms with Crippen molar-refractivity contribution in [3.05, 3.63) is 102 Å². The summed E-state index contributed by atoms with van der Waals surface area (Å²) in [4.78, 5) is 29.1. The van der Waals surface area contributed by atoms with E-state index in [-0.39, 0.29) is 11.7 Å². The van der Waals surface area contributed by atoms with Crippen molar-refractivity contribution in [3.63, 3.8) is 0 Å². The summed E-state index contributed by atoms with van der Waals surface area (Å²) in [5, 5.41) is 1.17. The van der Waals surface area contributed by atoms with E-state index in [1.54, 1.807) is 19.0 Å². The van der Waals surface area contributed by atoms with Crippen molar-refractivity contribution in [2.75, 3.05) is 14.1 Å². The van der Waals surface area contributed by atoms with E-state index in [9.17, 15) is 9.59 Å². The minimum Gasteiger partial charge on any atom is -0.349 e. The average Bonchev–Trinajstić information content (AvgIpc) is 2.78. The van der Waals surface area contributed by atoms with Gasteiger partial charge in [0.2, 0.25) is 5.91 Å². The van der Waals surface area contributed by atoms with Crippen LogP contribution in [0.1, 0.15) is 21.8 Å². The molecule has 4 heteroatoms. The molecule has 0 aliphatic rings. The van der Waals surface area contributed by atoms with Gasteiger partial charge in [0.1, 0.15) is 0 Å². The number of benzene rings is 3. The smallest absolute Gasteiger partial charge is 0.223 e. The molecular formula is C26H29NO2Si. The third-order valence-electron chi connectivity index (χ3n) is 5.83. The zero-order valence-electron chi connectivity index (χ0n) is 18.1. The summed E-state index contributed by atoms with van der Waals surface area (Å²) >= 11 is 0. The van der Waals surface area contributed by atoms with Crippen molar-refractivity contribution in [1.29, 1.82) is 0 Å². The Morgan fingerprint density at radius 3 is 1.70 bits per heavy atom. The van der Waals surface area contributed by atoms with Crippen LogP contribution in [0.5, 0.6) is 0 Å². The topological polar surface area (TPSA) is 37.4 Å². The number of amides is 1. The maximum absolute atomic E-state index is 13.8. The predicted molar refractivity (Wildman–Crippen MR) is 126 cm³/mol. The summed E-state index contributed by atoms with van der Waals surface area (Å²) in [6.45, 7) is 4.39. The van der Waals surface area contributed by atoms with Crippen molar-refractivity contribution in [2.45, 2.75) is 24.6 Å². The van der Waals surface area contributed by atoms with Gasteiger partial charge in [0.15, 0.2) is 5.78 Å². The monoisotopic (exact) mass is 415 g/mol. The number of nitrogens with zero attached hydrogens (tertiary/aromatic N) is 1. The van der Waals surface area contributed by atoms with Crippen LogP contribution in [0, 0.1) is 0 Å². The molecule has 1 amide bonds. The Morgan fingerprint density at radius 1 is 0.733 bits per heavy atom. The Bertz CT molecular complexity index is 985. The van der Waals surface area contributed by atoms with Gasteiger partial charge in [0.25, 0.3) is 0 Å². The molecule has 0 fully saturated rings. The number of hydrogen-bond acceptors (Lipinski definition) is 2. The molecule has 0 N–H and O–H groups in total. The first-order chi connectivity index (χ1) is 14.3. The van der Waals surface area contributed by atoms with Gasteiger partial charge in [-0.1, -0.05) is 109 Å². The molecule has 30 heavy (non-hydrogen) atoms. The average molecular weight is 416 g/mol. The van der Waals surface area contributed by atoms with Gasteiger partial charge in [0, 0.05) is 19.7 Å². The van der Waals surface area contributed by atoms with Gasteiger partial charge in [-0.15, -0.1) is 0 Å². The first-order valence-corrected chi connectivity index (χ1v) is 13.3. The lowest BCUT2D eigenvalue weighted by molar-refractivity contribution is -0.129. The van der Waals surface area contributed by atoms with E-state index in [1.165, 1.54) is 5.19 Å². The van der Waals surface area contributed by atoms with E-state index in [4.69, 9.17) is 0 Å². The highest BCUT2D eigenvalue weighted by Gasteiger charge is 2.47. The Kier molecular flexibility index (Phi) is 6.68. The Balaban J connectivity index is 2.22. The normalized spacial score (nSPS) is 13.3. The second-order valence-electron chi connectivity index (χ2n) is 8.42. The van der Waals surface area contributed by atoms with E-state index in [0.717, 1.165) is 5.56 Å². The molecule has 0 radical (unpaired) electrons. The van der Waals surface area contributed by atoms with Gasteiger partial charge < -0.3 is 4.90 Å². The van der Waals surface area contributed by atoms with Crippen LogP contribution in [0.3, 0.4) is 0 Å². The summed E-state index contributed by atoms with van der Waals surface area (Å²) in [6, 6.07) is 29.3. The van der Waals surface area contributed by atoms with Crippen molar-refractivity contribution < 1.29 is 9.59 Å². The molecule has 0 spiro atoms. The number of hydrogen-bond donors (Lipinski definition) is 0. The summed E-state index contributed by atoms with van der Waals surface area (Å²) in [5.74, 6) is -0.530. The fourth-order valence-electron chi connectivity index (χ4n) is 4.13. The largest absolute Gasteiger partial charge is 0.349 e. The maximum Gasteiger partial charge on any atom is 0.223 e. The van der Waals surface area contributed by atoms with Crippen molar-refractivity contribution in [1.82, 2.24) is 4.90 Å². The van der Waals surface area contributed by atoms with Gasteiger partial charge >= 0.3 is 0 Å². The molecule has 3 rings (SSSR count). The summed E-state index contributed by atoms with van der Waals surface area (Å²) < 4.78 is 0. The molecule has 3 aromatic rings. The Labute approximate surface area is 180 Å². The Morgan fingerprint density at radius 2 is 1.20 bits per heavy atom. The molecule has 0 aliphatic carbocycles. The minimum atomic E-state index is -2.39. The third kappa shape index (κ3) is 4.44. The van der Waals surface area contributed by atoms with E-state index in [2.05, 4.69) is 25.2 Å². The minimum absolute atomic E-state index is 0.00138. The number of Topliss-reactive ketones (excluding diaryl/α,β-unsaturated/α-hetero) is 1. The van der Waals surface area contributed by atoms with E-state index >= 15 is 0 Å². The lowest BCUT2D eigenvalue weighted by atomic mass is 9.87. The summed E-state index contributed by atoms with van der Waals surface area (Å²) in [6.07, 6.45) is 0. The molecule has 0 bridgehead atoms. The van der Waals surface area contributed by atoms with Gasteiger partial charge in [-0.05, 0) is 5.56 Å². The van der Waals surface area contributed by atoms with Crippen LogP contribution < -0.4 is 5.19 Å². The Hall–Kier alpha value is -2.98. The number of carbonyl (C=O) groups is 2. The number of rotatable bonds is 7. The lowest BCUT2D eigenvalue weighted by Crippen LogP contribution is -2.54. The number of carbonyl (C=O) groups excluding carboxylic acids is 2. The summed E-state index contributed by atoms with van der Waals surface area (Å²) in [7, 11) is 1.17. The third-order valence-corrected chi connectivity index (χ3v) is 9.79. The molecular weight excluding hydrogens is 386 g/mol. The van der Waals surface area contributed by atoms with E-state index in [0.29, 0.717) is 5.56 Å². The zero-order chi connectivity index (χ0) is 21.7. The second-order valence-corrected chi connectivity index (χ2v) is 13.1. The lowest BCUT2D eigenvalue weighted by Gasteiger charge is -2.38. The molecule has 154 valence electrons. The van der Waals surface area contributed by atoms with E-state index in [1.807, 2.05) is 78.9 Å². The molecule has 2 atom stereocenters. The number of ketones is 1. The highest BCUT2D eigenvalue weighted by atomic mass is 28.3. The zero-order valence-corrected chi connectivity index (χ0v) is 19.1.